The van der Waals surface area contributed by atoms with E-state index in [1.807, 2.05) is 13.8 Å². The summed E-state index contributed by atoms with van der Waals surface area (Å²) in [5, 5.41) is 55.0. The molecule has 0 radical (unpaired) electrons. The van der Waals surface area contributed by atoms with Gasteiger partial charge >= 0.3 is 5.97 Å². The standard InChI is InChI=1S/C51H68N2O10/c1-30(2)14-9-16-32(5)18-11-21-50(7)43(56)26-36-41(54)24-34-38(45(36)62-50)28-52(47(34)58)23-13-20-40(49(60)61)53-29-39-35(48(53)59)25-42(55)37-27-44(57)51(8,63-46(37)39)22-12-19-33(6)17-10-15-31(3)4/h14-15,18-19,24-25,40,43-44,54-57H,9-13,16-17,20-23,26-29H2,1-8H3,(H,60,61)/b32-18+,33-19+/t40-,43-,44-,50+,51+/m0/s1. The first-order valence-corrected chi connectivity index (χ1v) is 22.6. The van der Waals surface area contributed by atoms with E-state index in [1.54, 1.807) is 4.90 Å². The second kappa shape index (κ2) is 19.4. The van der Waals surface area contributed by atoms with Crippen LogP contribution in [0.5, 0.6) is 23.0 Å². The molecule has 6 rings (SSSR count). The van der Waals surface area contributed by atoms with E-state index in [-0.39, 0.29) is 68.3 Å². The monoisotopic (exact) mass is 868 g/mol. The molecule has 2 aromatic carbocycles. The number of hydrogen-bond donors (Lipinski definition) is 5. The van der Waals surface area contributed by atoms with Crippen LogP contribution in [0, 0.1) is 0 Å². The third kappa shape index (κ3) is 10.3. The quantitative estimate of drug-likeness (QED) is 0.0909. The maximum Gasteiger partial charge on any atom is 0.326 e. The number of rotatable bonds is 18. The summed E-state index contributed by atoms with van der Waals surface area (Å²) in [6.45, 7) is 16.5. The fraction of sp³-hybridized carbons (Fsp3) is 0.549. The van der Waals surface area contributed by atoms with E-state index in [0.717, 1.165) is 25.7 Å². The Morgan fingerprint density at radius 2 is 1.17 bits per heavy atom. The number of ether oxygens (including phenoxy) is 2. The molecule has 12 heteroatoms. The van der Waals surface area contributed by atoms with Gasteiger partial charge in [-0.15, -0.1) is 0 Å². The molecule has 4 aliphatic rings. The van der Waals surface area contributed by atoms with Gasteiger partial charge in [0.1, 0.15) is 40.2 Å². The topological polar surface area (TPSA) is 177 Å². The van der Waals surface area contributed by atoms with Gasteiger partial charge in [-0.1, -0.05) is 46.6 Å². The summed E-state index contributed by atoms with van der Waals surface area (Å²) < 4.78 is 13.1. The minimum Gasteiger partial charge on any atom is -0.508 e. The number of fused-ring (bicyclic) bond motifs is 6. The number of phenolic OH excluding ortho intramolecular Hbond substituents is 2. The van der Waals surface area contributed by atoms with Crippen LogP contribution < -0.4 is 9.47 Å². The number of carboxylic acids is 1. The Morgan fingerprint density at radius 1 is 0.714 bits per heavy atom. The van der Waals surface area contributed by atoms with E-state index in [9.17, 15) is 39.9 Å². The number of hydrogen-bond acceptors (Lipinski definition) is 9. The molecule has 0 unspecified atom stereocenters. The largest absolute Gasteiger partial charge is 0.508 e. The minimum absolute atomic E-state index is 0.0456. The summed E-state index contributed by atoms with van der Waals surface area (Å²) in [6.07, 6.45) is 13.8. The van der Waals surface area contributed by atoms with Crippen molar-refractivity contribution in [3.05, 3.63) is 92.1 Å². The highest BCUT2D eigenvalue weighted by atomic mass is 16.5. The highest BCUT2D eigenvalue weighted by Crippen LogP contribution is 2.48. The summed E-state index contributed by atoms with van der Waals surface area (Å²) in [5.74, 6) is -1.60. The number of aliphatic hydroxyl groups excluding tert-OH is 2. The molecule has 2 amide bonds. The number of carbonyl (C=O) groups excluding carboxylic acids is 2. The number of amides is 2. The van der Waals surface area contributed by atoms with Crippen LogP contribution in [-0.4, -0.2) is 89.1 Å². The Hall–Kier alpha value is -5.07. The summed E-state index contributed by atoms with van der Waals surface area (Å²) in [4.78, 5) is 43.4. The van der Waals surface area contributed by atoms with Crippen molar-refractivity contribution in [2.24, 2.45) is 0 Å². The van der Waals surface area contributed by atoms with Gasteiger partial charge in [0.15, 0.2) is 0 Å². The van der Waals surface area contributed by atoms with Gasteiger partial charge in [-0.25, -0.2) is 4.79 Å². The molecule has 4 aliphatic heterocycles. The Bertz CT molecular complexity index is 2230. The number of benzene rings is 2. The Kier molecular flexibility index (Phi) is 14.6. The molecule has 0 saturated carbocycles. The zero-order valence-electron chi connectivity index (χ0n) is 38.5. The molecule has 0 aliphatic carbocycles. The van der Waals surface area contributed by atoms with E-state index >= 15 is 0 Å². The van der Waals surface area contributed by atoms with Gasteiger partial charge < -0.3 is 44.8 Å². The lowest BCUT2D eigenvalue weighted by molar-refractivity contribution is -0.142. The van der Waals surface area contributed by atoms with Crippen LogP contribution in [0.25, 0.3) is 0 Å². The van der Waals surface area contributed by atoms with Crippen molar-refractivity contribution >= 4 is 17.8 Å². The molecule has 0 fully saturated rings. The van der Waals surface area contributed by atoms with E-state index in [1.165, 1.54) is 39.3 Å². The number of phenols is 2. The average molecular weight is 869 g/mol. The van der Waals surface area contributed by atoms with E-state index in [4.69, 9.17) is 9.47 Å². The third-order valence-electron chi connectivity index (χ3n) is 13.5. The molecule has 342 valence electrons. The molecule has 5 atom stereocenters. The van der Waals surface area contributed by atoms with Crippen LogP contribution in [0.15, 0.2) is 58.7 Å². The van der Waals surface area contributed by atoms with E-state index < -0.39 is 41.3 Å². The number of carbonyl (C=O) groups is 3. The summed E-state index contributed by atoms with van der Waals surface area (Å²) in [7, 11) is 0. The molecule has 0 saturated heterocycles. The molecule has 0 spiro atoms. The van der Waals surface area contributed by atoms with Crippen LogP contribution in [-0.2, 0) is 30.7 Å². The van der Waals surface area contributed by atoms with Crippen molar-refractivity contribution in [2.45, 2.75) is 175 Å². The van der Waals surface area contributed by atoms with Crippen LogP contribution in [0.1, 0.15) is 163 Å². The predicted octanol–water partition coefficient (Wildman–Crippen LogP) is 9.00. The van der Waals surface area contributed by atoms with Crippen molar-refractivity contribution in [3.8, 4) is 23.0 Å². The number of carboxylic acid groups (broad SMARTS) is 1. The van der Waals surface area contributed by atoms with Crippen LogP contribution in [0.2, 0.25) is 0 Å². The van der Waals surface area contributed by atoms with Gasteiger partial charge in [0.05, 0.1) is 36.4 Å². The zero-order chi connectivity index (χ0) is 46.0. The SMILES string of the molecule is CC(C)=CCC/C(C)=C/CC[C@@]1(C)Oc2c(c(O)cc3c2CN(CCC[C@@H](C(=O)O)N2Cc4c(cc(O)c5c4O[C@](C)(CC/C=C(\C)CCC=C(C)C)[C@@H](O)C5)C2=O)C3=O)C[C@@H]1O. The lowest BCUT2D eigenvalue weighted by Gasteiger charge is -2.41. The van der Waals surface area contributed by atoms with Crippen LogP contribution >= 0.6 is 0 Å². The molecule has 2 aromatic rings. The maximum atomic E-state index is 13.9. The zero-order valence-corrected chi connectivity index (χ0v) is 38.5. The summed E-state index contributed by atoms with van der Waals surface area (Å²) >= 11 is 0. The average Bonchev–Trinajstić information content (AvgIpc) is 3.69. The van der Waals surface area contributed by atoms with Gasteiger partial charge in [0.2, 0.25) is 0 Å². The lowest BCUT2D eigenvalue weighted by Crippen LogP contribution is -2.49. The highest BCUT2D eigenvalue weighted by Gasteiger charge is 2.47. The van der Waals surface area contributed by atoms with Crippen molar-refractivity contribution in [2.75, 3.05) is 6.54 Å². The molecular weight excluding hydrogens is 801 g/mol. The number of aromatic hydroxyl groups is 2. The normalized spacial score (nSPS) is 23.3. The summed E-state index contributed by atoms with van der Waals surface area (Å²) in [6, 6.07) is 1.55. The Labute approximate surface area is 372 Å². The van der Waals surface area contributed by atoms with Crippen molar-refractivity contribution < 1.29 is 49.4 Å². The predicted molar refractivity (Wildman–Crippen MR) is 242 cm³/mol. The molecule has 4 heterocycles. The number of nitrogens with zero attached hydrogens (tertiary/aromatic N) is 2. The lowest BCUT2D eigenvalue weighted by atomic mass is 9.84. The first kappa shape index (κ1) is 47.4. The minimum atomic E-state index is -1.23. The van der Waals surface area contributed by atoms with Gasteiger partial charge in [-0.3, -0.25) is 9.59 Å². The smallest absolute Gasteiger partial charge is 0.326 e. The second-order valence-corrected chi connectivity index (χ2v) is 19.2. The Balaban J connectivity index is 1.11. The molecular formula is C51H68N2O10. The van der Waals surface area contributed by atoms with Gasteiger partial charge in [-0.2, -0.15) is 0 Å². The molecule has 12 nitrogen and oxygen atoms in total. The van der Waals surface area contributed by atoms with Gasteiger partial charge in [0.25, 0.3) is 11.8 Å². The molecule has 0 aromatic heterocycles. The molecule has 0 bridgehead atoms. The number of aliphatic hydroxyl groups is 2. The third-order valence-corrected chi connectivity index (χ3v) is 13.5. The fourth-order valence-corrected chi connectivity index (χ4v) is 9.40. The van der Waals surface area contributed by atoms with E-state index in [0.29, 0.717) is 65.0 Å². The number of allylic oxidation sites excluding steroid dienone is 8. The second-order valence-electron chi connectivity index (χ2n) is 19.2. The fourth-order valence-electron chi connectivity index (χ4n) is 9.40. The van der Waals surface area contributed by atoms with Gasteiger partial charge in [0, 0.05) is 41.6 Å². The summed E-state index contributed by atoms with van der Waals surface area (Å²) in [5.41, 5.74) is 5.57. The maximum absolute atomic E-state index is 13.9. The first-order chi connectivity index (χ1) is 29.7. The van der Waals surface area contributed by atoms with E-state index in [2.05, 4.69) is 65.8 Å². The van der Waals surface area contributed by atoms with Crippen molar-refractivity contribution in [1.82, 2.24) is 9.80 Å². The molecule has 5 N–H and O–H groups in total. The Morgan fingerprint density at radius 3 is 1.63 bits per heavy atom. The number of aliphatic carboxylic acids is 1. The highest BCUT2D eigenvalue weighted by molar-refractivity contribution is 6.02. The van der Waals surface area contributed by atoms with Crippen LogP contribution in [0.3, 0.4) is 0 Å². The van der Waals surface area contributed by atoms with Gasteiger partial charge in [-0.05, 0) is 132 Å². The molecule has 63 heavy (non-hydrogen) atoms. The van der Waals surface area contributed by atoms with Crippen molar-refractivity contribution in [3.63, 3.8) is 0 Å². The van der Waals surface area contributed by atoms with Crippen molar-refractivity contribution in [1.29, 1.82) is 0 Å². The van der Waals surface area contributed by atoms with Crippen LogP contribution in [0.4, 0.5) is 0 Å². The first-order valence-electron chi connectivity index (χ1n) is 22.6.